The third-order valence-electron chi connectivity index (χ3n) is 5.39. The summed E-state index contributed by atoms with van der Waals surface area (Å²) in [6, 6.07) is 5.48. The van der Waals surface area contributed by atoms with Crippen molar-refractivity contribution in [2.75, 3.05) is 11.9 Å². The van der Waals surface area contributed by atoms with Crippen LogP contribution >= 0.6 is 23.2 Å². The topological polar surface area (TPSA) is 100 Å². The van der Waals surface area contributed by atoms with E-state index in [0.717, 1.165) is 0 Å². The van der Waals surface area contributed by atoms with Crippen LogP contribution in [0.1, 0.15) is 23.5 Å². The number of hydrogen-bond donors (Lipinski definition) is 4. The number of nitrogens with two attached hydrogens (primary N) is 1. The van der Waals surface area contributed by atoms with Crippen LogP contribution in [0.15, 0.2) is 30.5 Å². The van der Waals surface area contributed by atoms with E-state index in [-0.39, 0.29) is 23.2 Å². The Labute approximate surface area is 164 Å². The highest BCUT2D eigenvalue weighted by molar-refractivity contribution is 6.31. The van der Waals surface area contributed by atoms with Gasteiger partial charge in [-0.1, -0.05) is 29.3 Å². The highest BCUT2D eigenvalue weighted by Crippen LogP contribution is 2.52. The van der Waals surface area contributed by atoms with Crippen LogP contribution in [0.2, 0.25) is 10.2 Å². The van der Waals surface area contributed by atoms with Gasteiger partial charge < -0.3 is 16.2 Å². The Morgan fingerprint density at radius 2 is 2.11 bits per heavy atom. The van der Waals surface area contributed by atoms with E-state index in [2.05, 4.69) is 15.6 Å². The molecule has 4 rings (SSSR count). The summed E-state index contributed by atoms with van der Waals surface area (Å²) in [4.78, 5) is 16.9. The molecule has 0 saturated carbocycles. The molecule has 1 saturated heterocycles. The number of nitrogens with one attached hydrogen (secondary N) is 2. The van der Waals surface area contributed by atoms with Crippen molar-refractivity contribution in [3.63, 3.8) is 0 Å². The van der Waals surface area contributed by atoms with Gasteiger partial charge in [-0.2, -0.15) is 0 Å². The van der Waals surface area contributed by atoms with Gasteiger partial charge in [0, 0.05) is 47.1 Å². The molecule has 2 aromatic rings. The lowest BCUT2D eigenvalue weighted by Crippen LogP contribution is -2.49. The second-order valence-corrected chi connectivity index (χ2v) is 7.57. The first kappa shape index (κ1) is 18.6. The lowest BCUT2D eigenvalue weighted by atomic mass is 9.74. The molecule has 3 heterocycles. The first-order chi connectivity index (χ1) is 12.9. The lowest BCUT2D eigenvalue weighted by molar-refractivity contribution is -0.122. The molecule has 1 amide bonds. The van der Waals surface area contributed by atoms with Crippen LogP contribution in [0.3, 0.4) is 0 Å². The molecule has 1 spiro atoms. The van der Waals surface area contributed by atoms with Gasteiger partial charge >= 0.3 is 0 Å². The minimum Gasteiger partial charge on any atom is -0.396 e. The van der Waals surface area contributed by atoms with Gasteiger partial charge in [0.1, 0.15) is 5.54 Å². The SMILES string of the molecule is N[C@@H]1[C@H](CCO)N[C@@]2(C(=O)Nc3cc(Cl)ccc32)[C@H]1c1ccnc(Cl)c1F. The van der Waals surface area contributed by atoms with Gasteiger partial charge in [-0.25, -0.2) is 9.37 Å². The Morgan fingerprint density at radius 3 is 2.85 bits per heavy atom. The first-order valence-electron chi connectivity index (χ1n) is 8.45. The molecule has 0 aliphatic carbocycles. The molecule has 5 N–H and O–H groups in total. The average molecular weight is 411 g/mol. The fourth-order valence-electron chi connectivity index (χ4n) is 4.27. The molecule has 0 bridgehead atoms. The Bertz CT molecular complexity index is 928. The summed E-state index contributed by atoms with van der Waals surface area (Å²) in [5, 5.41) is 15.7. The normalized spacial score (nSPS) is 29.2. The molecule has 1 aromatic carbocycles. The van der Waals surface area contributed by atoms with Crippen LogP contribution in [0.5, 0.6) is 0 Å². The van der Waals surface area contributed by atoms with Gasteiger partial charge in [0.2, 0.25) is 5.91 Å². The highest BCUT2D eigenvalue weighted by atomic mass is 35.5. The zero-order chi connectivity index (χ0) is 19.3. The van der Waals surface area contributed by atoms with Crippen molar-refractivity contribution >= 4 is 34.8 Å². The van der Waals surface area contributed by atoms with Crippen LogP contribution < -0.4 is 16.4 Å². The highest BCUT2D eigenvalue weighted by Gasteiger charge is 2.61. The quantitative estimate of drug-likeness (QED) is 0.580. The van der Waals surface area contributed by atoms with Crippen LogP contribution in [0.25, 0.3) is 0 Å². The maximum Gasteiger partial charge on any atom is 0.250 e. The first-order valence-corrected chi connectivity index (χ1v) is 9.21. The van der Waals surface area contributed by atoms with Crippen molar-refractivity contribution in [3.05, 3.63) is 57.6 Å². The number of aromatic nitrogens is 1. The maximum atomic E-state index is 14.9. The minimum absolute atomic E-state index is 0.122. The van der Waals surface area contributed by atoms with E-state index >= 15 is 0 Å². The third-order valence-corrected chi connectivity index (χ3v) is 5.89. The summed E-state index contributed by atoms with van der Waals surface area (Å²) in [5.41, 5.74) is 6.53. The van der Waals surface area contributed by atoms with E-state index in [1.54, 1.807) is 18.2 Å². The second kappa shape index (κ2) is 6.68. The summed E-state index contributed by atoms with van der Waals surface area (Å²) in [7, 11) is 0. The summed E-state index contributed by atoms with van der Waals surface area (Å²) in [6.07, 6.45) is 1.70. The number of pyridine rings is 1. The molecule has 4 atom stereocenters. The van der Waals surface area contributed by atoms with E-state index in [9.17, 15) is 14.3 Å². The number of carbonyl (C=O) groups is 1. The number of halogens is 3. The lowest BCUT2D eigenvalue weighted by Gasteiger charge is -2.31. The smallest absolute Gasteiger partial charge is 0.250 e. The number of rotatable bonds is 3. The largest absolute Gasteiger partial charge is 0.396 e. The van der Waals surface area contributed by atoms with E-state index in [0.29, 0.717) is 22.7 Å². The molecule has 142 valence electrons. The van der Waals surface area contributed by atoms with Crippen molar-refractivity contribution in [1.29, 1.82) is 0 Å². The molecular weight excluding hydrogens is 394 g/mol. The fraction of sp³-hybridized carbons (Fsp3) is 0.333. The summed E-state index contributed by atoms with van der Waals surface area (Å²) >= 11 is 11.9. The van der Waals surface area contributed by atoms with Crippen molar-refractivity contribution in [2.24, 2.45) is 5.73 Å². The van der Waals surface area contributed by atoms with E-state index in [1.807, 2.05) is 0 Å². The molecule has 0 radical (unpaired) electrons. The fourth-order valence-corrected chi connectivity index (χ4v) is 4.61. The zero-order valence-electron chi connectivity index (χ0n) is 14.0. The standard InChI is InChI=1S/C18H17Cl2FN4O2/c19-8-1-2-10-12(7-8)24-17(27)18(10)13(15(22)11(25-18)4-6-26)9-3-5-23-16(20)14(9)21/h1-3,5,7,11,13,15,25-26H,4,6,22H2,(H,24,27)/t11-,13-,15+,18+/m0/s1. The number of benzene rings is 1. The molecule has 0 unspecified atom stereocenters. The molecule has 9 heteroatoms. The van der Waals surface area contributed by atoms with Gasteiger partial charge in [-0.05, 0) is 30.2 Å². The van der Waals surface area contributed by atoms with Gasteiger partial charge in [0.05, 0.1) is 0 Å². The zero-order valence-corrected chi connectivity index (χ0v) is 15.6. The summed E-state index contributed by atoms with van der Waals surface area (Å²) in [6.45, 7) is -0.122. The molecular formula is C18H17Cl2FN4O2. The molecule has 2 aliphatic rings. The Kier molecular flexibility index (Phi) is 4.60. The number of anilines is 1. The van der Waals surface area contributed by atoms with Crippen molar-refractivity contribution in [3.8, 4) is 0 Å². The molecule has 1 aromatic heterocycles. The number of fused-ring (bicyclic) bond motifs is 2. The van der Waals surface area contributed by atoms with Crippen LogP contribution in [0.4, 0.5) is 10.1 Å². The monoisotopic (exact) mass is 410 g/mol. The number of amides is 1. The number of nitrogens with zero attached hydrogens (tertiary/aromatic N) is 1. The van der Waals surface area contributed by atoms with E-state index in [1.165, 1.54) is 12.3 Å². The number of carbonyl (C=O) groups excluding carboxylic acids is 1. The predicted molar refractivity (Wildman–Crippen MR) is 100 cm³/mol. The van der Waals surface area contributed by atoms with Gasteiger partial charge in [0.15, 0.2) is 11.0 Å². The van der Waals surface area contributed by atoms with Gasteiger partial charge in [0.25, 0.3) is 0 Å². The molecule has 27 heavy (non-hydrogen) atoms. The van der Waals surface area contributed by atoms with Crippen LogP contribution in [-0.4, -0.2) is 34.7 Å². The van der Waals surface area contributed by atoms with E-state index in [4.69, 9.17) is 28.9 Å². The number of hydrogen-bond acceptors (Lipinski definition) is 5. The van der Waals surface area contributed by atoms with Gasteiger partial charge in [-0.3, -0.25) is 10.1 Å². The Hall–Kier alpha value is -1.77. The van der Waals surface area contributed by atoms with Crippen LogP contribution in [-0.2, 0) is 10.3 Å². The third kappa shape index (κ3) is 2.65. The number of aliphatic hydroxyl groups is 1. The van der Waals surface area contributed by atoms with Gasteiger partial charge in [-0.15, -0.1) is 0 Å². The summed E-state index contributed by atoms with van der Waals surface area (Å²) < 4.78 is 14.9. The van der Waals surface area contributed by atoms with E-state index < -0.39 is 29.4 Å². The Morgan fingerprint density at radius 1 is 1.33 bits per heavy atom. The molecule has 6 nitrogen and oxygen atoms in total. The van der Waals surface area contributed by atoms with Crippen molar-refractivity contribution < 1.29 is 14.3 Å². The predicted octanol–water partition coefficient (Wildman–Crippen LogP) is 2.14. The average Bonchev–Trinajstić information content (AvgIpc) is 3.06. The molecule has 2 aliphatic heterocycles. The number of aliphatic hydroxyl groups excluding tert-OH is 1. The van der Waals surface area contributed by atoms with Crippen molar-refractivity contribution in [2.45, 2.75) is 30.0 Å². The van der Waals surface area contributed by atoms with Crippen LogP contribution in [0, 0.1) is 5.82 Å². The Balaban J connectivity index is 1.95. The minimum atomic E-state index is -1.30. The summed E-state index contributed by atoms with van der Waals surface area (Å²) in [5.74, 6) is -1.81. The molecule has 1 fully saturated rings. The maximum absolute atomic E-state index is 14.9. The van der Waals surface area contributed by atoms with Crippen molar-refractivity contribution in [1.82, 2.24) is 10.3 Å². The second-order valence-electron chi connectivity index (χ2n) is 6.78.